The molecule has 0 unspecified atom stereocenters. The van der Waals surface area contributed by atoms with Gasteiger partial charge in [0.25, 0.3) is 0 Å². The molecule has 4 heterocycles. The van der Waals surface area contributed by atoms with E-state index in [1.165, 1.54) is 17.5 Å². The van der Waals surface area contributed by atoms with Crippen LogP contribution < -0.4 is 0 Å². The van der Waals surface area contributed by atoms with Gasteiger partial charge in [-0.3, -0.25) is 9.97 Å². The van der Waals surface area contributed by atoms with Crippen LogP contribution in [0.5, 0.6) is 17.2 Å². The molecule has 0 radical (unpaired) electrons. The number of aromatic nitrogens is 6. The second kappa shape index (κ2) is 24.4. The van der Waals surface area contributed by atoms with Gasteiger partial charge in [-0.25, -0.2) is 19.9 Å². The third-order valence-electron chi connectivity index (χ3n) is 8.14. The molecule has 0 saturated carbocycles. The maximum Gasteiger partial charge on any atom is 0.115 e. The summed E-state index contributed by atoms with van der Waals surface area (Å²) in [5, 5.41) is 27.3. The van der Waals surface area contributed by atoms with E-state index in [2.05, 4.69) is 61.1 Å². The Morgan fingerprint density at radius 3 is 1.27 bits per heavy atom. The summed E-state index contributed by atoms with van der Waals surface area (Å²) in [4.78, 5) is 24.0. The summed E-state index contributed by atoms with van der Waals surface area (Å²) < 4.78 is 0. The Hall–Kier alpha value is -8.30. The van der Waals surface area contributed by atoms with E-state index in [0.29, 0.717) is 0 Å². The number of aryl methyl sites for hydroxylation is 1. The van der Waals surface area contributed by atoms with Gasteiger partial charge < -0.3 is 15.3 Å². The molecule has 4 aromatic carbocycles. The highest BCUT2D eigenvalue weighted by Gasteiger charge is 1.92. The predicted octanol–water partition coefficient (Wildman–Crippen LogP) is 11.2. The maximum atomic E-state index is 9.11. The summed E-state index contributed by atoms with van der Waals surface area (Å²) >= 11 is 0. The number of benzene rings is 4. The third-order valence-corrected chi connectivity index (χ3v) is 8.14. The first-order chi connectivity index (χ1) is 29.4. The molecule has 3 N–H and O–H groups in total. The number of hydrogen-bond donors (Lipinski definition) is 3. The zero-order valence-corrected chi connectivity index (χ0v) is 33.0. The Balaban J connectivity index is 0.000000152. The van der Waals surface area contributed by atoms with Crippen LogP contribution in [-0.4, -0.2) is 45.2 Å². The highest BCUT2D eigenvalue weighted by atomic mass is 16.3. The van der Waals surface area contributed by atoms with E-state index in [-0.39, 0.29) is 17.2 Å². The van der Waals surface area contributed by atoms with Gasteiger partial charge in [0.2, 0.25) is 0 Å². The quantitative estimate of drug-likeness (QED) is 0.137. The van der Waals surface area contributed by atoms with Crippen LogP contribution in [0.1, 0.15) is 50.3 Å². The average Bonchev–Trinajstić information content (AvgIpc) is 3.30. The van der Waals surface area contributed by atoms with Gasteiger partial charge in [0, 0.05) is 42.7 Å². The van der Waals surface area contributed by atoms with Crippen LogP contribution in [0.4, 0.5) is 0 Å². The van der Waals surface area contributed by atoms with Gasteiger partial charge in [-0.1, -0.05) is 115 Å². The molecule has 9 nitrogen and oxygen atoms in total. The minimum atomic E-state index is 0.273. The molecule has 4 aromatic heterocycles. The van der Waals surface area contributed by atoms with Gasteiger partial charge in [-0.15, -0.1) is 0 Å². The van der Waals surface area contributed by atoms with E-state index in [9.17, 15) is 0 Å². The smallest absolute Gasteiger partial charge is 0.115 e. The van der Waals surface area contributed by atoms with Crippen molar-refractivity contribution < 1.29 is 15.3 Å². The lowest BCUT2D eigenvalue weighted by Crippen LogP contribution is -1.80. The number of aromatic hydroxyl groups is 3. The van der Waals surface area contributed by atoms with Crippen molar-refractivity contribution in [2.75, 3.05) is 0 Å². The molecule has 0 fully saturated rings. The van der Waals surface area contributed by atoms with Gasteiger partial charge in [-0.05, 0) is 108 Å². The minimum absolute atomic E-state index is 0.273. The highest BCUT2D eigenvalue weighted by molar-refractivity contribution is 5.71. The van der Waals surface area contributed by atoms with Crippen molar-refractivity contribution in [3.05, 3.63) is 234 Å². The number of hydrogen-bond acceptors (Lipinski definition) is 9. The van der Waals surface area contributed by atoms with E-state index in [1.807, 2.05) is 121 Å². The van der Waals surface area contributed by atoms with Crippen LogP contribution in [0.2, 0.25) is 0 Å². The highest BCUT2D eigenvalue weighted by Crippen LogP contribution is 2.15. The zero-order chi connectivity index (χ0) is 42.0. The van der Waals surface area contributed by atoms with E-state index < -0.39 is 0 Å². The summed E-state index contributed by atoms with van der Waals surface area (Å²) in [5.74, 6) is 0.841. The molecule has 0 amide bonds. The van der Waals surface area contributed by atoms with Crippen molar-refractivity contribution in [1.29, 1.82) is 0 Å². The first-order valence-electron chi connectivity index (χ1n) is 18.9. The molecule has 0 saturated heterocycles. The molecule has 60 heavy (non-hydrogen) atoms. The van der Waals surface area contributed by atoms with E-state index in [0.717, 1.165) is 39.2 Å². The van der Waals surface area contributed by atoms with Crippen molar-refractivity contribution in [3.63, 3.8) is 0 Å². The van der Waals surface area contributed by atoms with Crippen molar-refractivity contribution >= 4 is 48.6 Å². The fourth-order valence-electron chi connectivity index (χ4n) is 4.93. The molecule has 0 bridgehead atoms. The fraction of sp³-hybridized carbons (Fsp3) is 0.0196. The maximum absolute atomic E-state index is 9.11. The molecule has 0 aliphatic carbocycles. The molecule has 0 atom stereocenters. The predicted molar refractivity (Wildman–Crippen MR) is 244 cm³/mol. The molecule has 9 heteroatoms. The summed E-state index contributed by atoms with van der Waals surface area (Å²) in [6.45, 7) is 2.08. The summed E-state index contributed by atoms with van der Waals surface area (Å²) in [5.41, 5.74) is 9.42. The van der Waals surface area contributed by atoms with Gasteiger partial charge in [0.05, 0.1) is 11.4 Å². The Morgan fingerprint density at radius 2 is 0.800 bits per heavy atom. The molecule has 296 valence electrons. The molecule has 0 spiro atoms. The number of rotatable bonds is 8. The first-order valence-corrected chi connectivity index (χ1v) is 18.9. The summed E-state index contributed by atoms with van der Waals surface area (Å²) in [6.07, 6.45) is 29.3. The molecule has 8 rings (SSSR count). The van der Waals surface area contributed by atoms with Crippen LogP contribution in [0.25, 0.3) is 48.6 Å². The molecular formula is C51H44N6O3. The van der Waals surface area contributed by atoms with Crippen LogP contribution in [0, 0.1) is 6.92 Å². The average molecular weight is 789 g/mol. The number of pyridine rings is 2. The number of phenols is 3. The largest absolute Gasteiger partial charge is 0.508 e. The van der Waals surface area contributed by atoms with E-state index in [4.69, 9.17) is 15.3 Å². The van der Waals surface area contributed by atoms with Crippen LogP contribution in [-0.2, 0) is 0 Å². The van der Waals surface area contributed by atoms with Crippen LogP contribution >= 0.6 is 0 Å². The summed E-state index contributed by atoms with van der Waals surface area (Å²) in [6, 6.07) is 41.0. The molecular weight excluding hydrogens is 745 g/mol. The van der Waals surface area contributed by atoms with Crippen LogP contribution in [0.15, 0.2) is 183 Å². The Labute approximate surface area is 350 Å². The Kier molecular flexibility index (Phi) is 17.4. The third kappa shape index (κ3) is 16.8. The zero-order valence-electron chi connectivity index (χ0n) is 33.0. The monoisotopic (exact) mass is 788 g/mol. The second-order valence-corrected chi connectivity index (χ2v) is 12.9. The lowest BCUT2D eigenvalue weighted by Gasteiger charge is -1.94. The van der Waals surface area contributed by atoms with Gasteiger partial charge >= 0.3 is 0 Å². The van der Waals surface area contributed by atoms with Gasteiger partial charge in [0.1, 0.15) is 29.9 Å². The first kappa shape index (κ1) is 42.8. The molecule has 0 aliphatic heterocycles. The van der Waals surface area contributed by atoms with Crippen molar-refractivity contribution in [1.82, 2.24) is 29.9 Å². The number of nitrogens with zero attached hydrogens (tertiary/aromatic N) is 6. The van der Waals surface area contributed by atoms with Crippen molar-refractivity contribution in [2.45, 2.75) is 6.92 Å². The topological polar surface area (TPSA) is 138 Å². The fourth-order valence-corrected chi connectivity index (χ4v) is 4.93. The van der Waals surface area contributed by atoms with Crippen molar-refractivity contribution in [3.8, 4) is 17.2 Å². The van der Waals surface area contributed by atoms with E-state index in [1.54, 1.807) is 79.9 Å². The lowest BCUT2D eigenvalue weighted by atomic mass is 10.1. The Morgan fingerprint density at radius 1 is 0.333 bits per heavy atom. The van der Waals surface area contributed by atoms with Crippen LogP contribution in [0.3, 0.4) is 0 Å². The Bertz CT molecular complexity index is 2150. The lowest BCUT2D eigenvalue weighted by molar-refractivity contribution is 0.474. The standard InChI is InChI=1S/C13H12N2.2C13H11NO.C12H10N2O/c1-11-2-4-12(5-3-11)6-7-13-8-9-14-10-15-13;15-13-7-5-11(6-8-13)3-4-12-2-1-9-14-10-12;15-13-8-5-11(6-9-13)4-7-12-3-1-2-10-14-12;15-12-5-3-10(4-6-12)1-2-11-7-13-9-14-8-11/h2-10H,1H3;2*1-10,15H;1-9,15H/b7-6+;4-3+;7-4+;2-1+. The van der Waals surface area contributed by atoms with E-state index >= 15 is 0 Å². The molecule has 8 aromatic rings. The molecule has 0 aliphatic rings. The minimum Gasteiger partial charge on any atom is -0.508 e. The van der Waals surface area contributed by atoms with Gasteiger partial charge in [-0.2, -0.15) is 0 Å². The second-order valence-electron chi connectivity index (χ2n) is 12.9. The van der Waals surface area contributed by atoms with Gasteiger partial charge in [0.15, 0.2) is 0 Å². The summed E-state index contributed by atoms with van der Waals surface area (Å²) in [7, 11) is 0. The normalized spacial score (nSPS) is 10.7. The number of phenolic OH excluding ortho intramolecular Hbond substituents is 3. The SMILES string of the molecule is Cc1ccc(/C=C/c2ccncn2)cc1.Oc1ccc(/C=C/c2ccccn2)cc1.Oc1ccc(/C=C/c2cccnc2)cc1.Oc1ccc(/C=C/c2cncnc2)cc1. The van der Waals surface area contributed by atoms with Crippen molar-refractivity contribution in [2.24, 2.45) is 0 Å².